The zero-order chi connectivity index (χ0) is 16.7. The average molecular weight is 357 g/mol. The number of aromatic nitrogens is 1. The minimum absolute atomic E-state index is 0.155. The molecule has 1 aliphatic carbocycles. The number of para-hydroxylation sites is 1. The predicted octanol–water partition coefficient (Wildman–Crippen LogP) is 5.15. The molecule has 0 bridgehead atoms. The molecule has 1 unspecified atom stereocenters. The van der Waals surface area contributed by atoms with Crippen molar-refractivity contribution in [1.82, 2.24) is 4.98 Å². The Morgan fingerprint density at radius 3 is 2.54 bits per heavy atom. The minimum atomic E-state index is -0.652. The second-order valence-electron chi connectivity index (χ2n) is 6.01. The topological polar surface area (TPSA) is 42.0 Å². The zero-order valence-electron chi connectivity index (χ0n) is 12.7. The summed E-state index contributed by atoms with van der Waals surface area (Å²) in [6.07, 6.45) is 2.42. The summed E-state index contributed by atoms with van der Waals surface area (Å²) in [5.41, 5.74) is 3.21. The third-order valence-corrected chi connectivity index (χ3v) is 5.08. The lowest BCUT2D eigenvalue weighted by molar-refractivity contribution is 0.102. The number of pyridine rings is 1. The lowest BCUT2D eigenvalue weighted by Gasteiger charge is -2.07. The van der Waals surface area contributed by atoms with E-state index in [0.717, 1.165) is 22.9 Å². The highest BCUT2D eigenvalue weighted by atomic mass is 35.5. The summed E-state index contributed by atoms with van der Waals surface area (Å²) in [5.74, 6) is -0.0138. The Morgan fingerprint density at radius 2 is 1.83 bits per heavy atom. The van der Waals surface area contributed by atoms with Crippen LogP contribution in [0.15, 0.2) is 60.8 Å². The van der Waals surface area contributed by atoms with Crippen molar-refractivity contribution >= 4 is 45.7 Å². The first-order valence-corrected chi connectivity index (χ1v) is 8.42. The number of hydrogen-bond donors (Lipinski definition) is 1. The number of amides is 1. The van der Waals surface area contributed by atoms with Crippen molar-refractivity contribution in [3.8, 4) is 0 Å². The number of anilines is 1. The fourth-order valence-electron chi connectivity index (χ4n) is 2.78. The molecule has 1 heterocycles. The van der Waals surface area contributed by atoms with Gasteiger partial charge in [0.2, 0.25) is 0 Å². The summed E-state index contributed by atoms with van der Waals surface area (Å²) in [6.45, 7) is 0. The van der Waals surface area contributed by atoms with Crippen LogP contribution < -0.4 is 5.32 Å². The van der Waals surface area contributed by atoms with Crippen molar-refractivity contribution < 1.29 is 4.79 Å². The summed E-state index contributed by atoms with van der Waals surface area (Å²) in [4.78, 5) is 16.7. The van der Waals surface area contributed by atoms with Crippen molar-refractivity contribution in [1.29, 1.82) is 0 Å². The third-order valence-electron chi connectivity index (χ3n) is 4.25. The van der Waals surface area contributed by atoms with Gasteiger partial charge in [0.05, 0.1) is 17.4 Å². The number of hydrogen-bond acceptors (Lipinski definition) is 2. The first-order chi connectivity index (χ1) is 11.5. The van der Waals surface area contributed by atoms with E-state index in [1.807, 2.05) is 42.5 Å². The second kappa shape index (κ2) is 5.76. The number of nitrogens with one attached hydrogen (secondary N) is 1. The van der Waals surface area contributed by atoms with Gasteiger partial charge in [0.15, 0.2) is 0 Å². The number of nitrogens with zero attached hydrogens (tertiary/aromatic N) is 1. The van der Waals surface area contributed by atoms with E-state index in [1.165, 1.54) is 0 Å². The number of halogens is 2. The molecule has 1 saturated carbocycles. The van der Waals surface area contributed by atoms with Gasteiger partial charge in [-0.15, -0.1) is 23.2 Å². The zero-order valence-corrected chi connectivity index (χ0v) is 14.2. The van der Waals surface area contributed by atoms with Crippen LogP contribution in [0.4, 0.5) is 5.69 Å². The molecule has 0 spiro atoms. The van der Waals surface area contributed by atoms with E-state index < -0.39 is 4.33 Å². The minimum Gasteiger partial charge on any atom is -0.321 e. The molecular weight excluding hydrogens is 343 g/mol. The van der Waals surface area contributed by atoms with E-state index >= 15 is 0 Å². The molecule has 0 saturated heterocycles. The Morgan fingerprint density at radius 1 is 1.12 bits per heavy atom. The van der Waals surface area contributed by atoms with Crippen LogP contribution in [0.3, 0.4) is 0 Å². The molecule has 1 atom stereocenters. The molecule has 4 rings (SSSR count). The van der Waals surface area contributed by atoms with E-state index in [4.69, 9.17) is 23.2 Å². The van der Waals surface area contributed by atoms with Crippen LogP contribution in [0.2, 0.25) is 0 Å². The lowest BCUT2D eigenvalue weighted by atomic mass is 10.1. The van der Waals surface area contributed by atoms with Crippen LogP contribution in [0.1, 0.15) is 28.3 Å². The number of carbonyl (C=O) groups excluding carboxylic acids is 1. The van der Waals surface area contributed by atoms with Crippen molar-refractivity contribution in [3.63, 3.8) is 0 Å². The Kier molecular flexibility index (Phi) is 3.70. The first-order valence-electron chi connectivity index (χ1n) is 7.67. The highest BCUT2D eigenvalue weighted by molar-refractivity contribution is 6.51. The van der Waals surface area contributed by atoms with Crippen molar-refractivity contribution in [2.24, 2.45) is 0 Å². The van der Waals surface area contributed by atoms with Gasteiger partial charge in [0.1, 0.15) is 4.33 Å². The molecule has 1 fully saturated rings. The molecule has 1 N–H and O–H groups in total. The standard InChI is InChI=1S/C19H14Cl2N2O/c20-19(21)10-16(19)12-5-7-13(8-6-12)18(24)23-15-9-14-3-1-2-4-17(14)22-11-15/h1-9,11,16H,10H2,(H,23,24). The quantitative estimate of drug-likeness (QED) is 0.659. The summed E-state index contributed by atoms with van der Waals surface area (Å²) < 4.78 is -0.652. The van der Waals surface area contributed by atoms with Gasteiger partial charge < -0.3 is 5.32 Å². The Balaban J connectivity index is 1.50. The largest absolute Gasteiger partial charge is 0.321 e. The molecule has 5 heteroatoms. The Labute approximate surface area is 149 Å². The summed E-state index contributed by atoms with van der Waals surface area (Å²) >= 11 is 12.2. The molecule has 0 aliphatic heterocycles. The predicted molar refractivity (Wildman–Crippen MR) is 97.9 cm³/mol. The van der Waals surface area contributed by atoms with Gasteiger partial charge in [0.25, 0.3) is 5.91 Å². The third kappa shape index (κ3) is 2.97. The van der Waals surface area contributed by atoms with Gasteiger partial charge in [-0.3, -0.25) is 9.78 Å². The molecule has 2 aromatic carbocycles. The molecule has 3 nitrogen and oxygen atoms in total. The van der Waals surface area contributed by atoms with Crippen molar-refractivity contribution in [3.05, 3.63) is 71.9 Å². The van der Waals surface area contributed by atoms with Crippen LogP contribution in [0.5, 0.6) is 0 Å². The van der Waals surface area contributed by atoms with E-state index in [9.17, 15) is 4.79 Å². The highest BCUT2D eigenvalue weighted by Gasteiger charge is 2.52. The Bertz CT molecular complexity index is 922. The molecule has 1 aromatic heterocycles. The van der Waals surface area contributed by atoms with E-state index in [1.54, 1.807) is 18.3 Å². The first kappa shape index (κ1) is 15.4. The van der Waals surface area contributed by atoms with Crippen LogP contribution in [0, 0.1) is 0 Å². The van der Waals surface area contributed by atoms with Crippen molar-refractivity contribution in [2.75, 3.05) is 5.32 Å². The van der Waals surface area contributed by atoms with E-state index in [0.29, 0.717) is 11.3 Å². The van der Waals surface area contributed by atoms with Gasteiger partial charge in [0, 0.05) is 16.9 Å². The SMILES string of the molecule is O=C(Nc1cnc2ccccc2c1)c1ccc(C2CC2(Cl)Cl)cc1. The number of benzene rings is 2. The molecule has 3 aromatic rings. The number of alkyl halides is 2. The van der Waals surface area contributed by atoms with Gasteiger partial charge in [-0.2, -0.15) is 0 Å². The Hall–Kier alpha value is -2.10. The van der Waals surface area contributed by atoms with E-state index in [-0.39, 0.29) is 11.8 Å². The highest BCUT2D eigenvalue weighted by Crippen LogP contribution is 2.59. The average Bonchev–Trinajstić information content (AvgIpc) is 3.23. The summed E-state index contributed by atoms with van der Waals surface area (Å²) in [6, 6.07) is 17.1. The fourth-order valence-corrected chi connectivity index (χ4v) is 3.34. The molecule has 1 amide bonds. The van der Waals surface area contributed by atoms with Crippen LogP contribution in [-0.4, -0.2) is 15.2 Å². The smallest absolute Gasteiger partial charge is 0.255 e. The maximum atomic E-state index is 12.4. The molecule has 0 radical (unpaired) electrons. The normalized spacial score (nSPS) is 18.3. The number of carbonyl (C=O) groups is 1. The summed E-state index contributed by atoms with van der Waals surface area (Å²) in [5, 5.41) is 3.86. The van der Waals surface area contributed by atoms with Gasteiger partial charge in [-0.25, -0.2) is 0 Å². The summed E-state index contributed by atoms with van der Waals surface area (Å²) in [7, 11) is 0. The fraction of sp³-hybridized carbons (Fsp3) is 0.158. The van der Waals surface area contributed by atoms with Crippen LogP contribution in [0.25, 0.3) is 10.9 Å². The molecular formula is C19H14Cl2N2O. The molecule has 24 heavy (non-hydrogen) atoms. The maximum absolute atomic E-state index is 12.4. The number of rotatable bonds is 3. The molecule has 1 aliphatic rings. The van der Waals surface area contributed by atoms with Gasteiger partial charge in [-0.05, 0) is 36.2 Å². The van der Waals surface area contributed by atoms with Crippen molar-refractivity contribution in [2.45, 2.75) is 16.7 Å². The molecule has 120 valence electrons. The van der Waals surface area contributed by atoms with Gasteiger partial charge in [-0.1, -0.05) is 30.3 Å². The van der Waals surface area contributed by atoms with Gasteiger partial charge >= 0.3 is 0 Å². The van der Waals surface area contributed by atoms with E-state index in [2.05, 4.69) is 10.3 Å². The lowest BCUT2D eigenvalue weighted by Crippen LogP contribution is -2.12. The monoisotopic (exact) mass is 356 g/mol. The second-order valence-corrected chi connectivity index (χ2v) is 7.55. The van der Waals surface area contributed by atoms with Crippen LogP contribution >= 0.6 is 23.2 Å². The van der Waals surface area contributed by atoms with Crippen LogP contribution in [-0.2, 0) is 0 Å². The maximum Gasteiger partial charge on any atom is 0.255 e. The number of fused-ring (bicyclic) bond motifs is 1.